The number of halogens is 3. The minimum atomic E-state index is -4.66. The molecule has 1 fully saturated rings. The maximum atomic E-state index is 13.1. The van der Waals surface area contributed by atoms with Crippen LogP contribution in [0.1, 0.15) is 46.1 Å². The molecule has 0 unspecified atom stereocenters. The number of hydrogen-bond acceptors (Lipinski definition) is 6. The van der Waals surface area contributed by atoms with Crippen LogP contribution in [-0.2, 0) is 10.9 Å². The highest BCUT2D eigenvalue weighted by Crippen LogP contribution is 2.30. The Morgan fingerprint density at radius 1 is 1.14 bits per heavy atom. The number of alkyl halides is 3. The van der Waals surface area contributed by atoms with Crippen LogP contribution in [0.3, 0.4) is 0 Å². The third kappa shape index (κ3) is 4.23. The van der Waals surface area contributed by atoms with Crippen molar-refractivity contribution in [2.75, 3.05) is 18.0 Å². The molecule has 0 aliphatic carbocycles. The molecule has 1 aliphatic rings. The van der Waals surface area contributed by atoms with E-state index in [4.69, 9.17) is 4.74 Å². The summed E-state index contributed by atoms with van der Waals surface area (Å²) in [6.07, 6.45) is -5.07. The van der Waals surface area contributed by atoms with Crippen LogP contribution in [0.15, 0.2) is 6.07 Å². The molecule has 8 nitrogen and oxygen atoms in total. The number of piperazine rings is 1. The highest BCUT2D eigenvalue weighted by molar-refractivity contribution is 5.69. The number of amides is 1. The Balaban J connectivity index is 1.93. The van der Waals surface area contributed by atoms with E-state index in [1.54, 1.807) is 38.7 Å². The Morgan fingerprint density at radius 3 is 2.38 bits per heavy atom. The van der Waals surface area contributed by atoms with E-state index in [0.29, 0.717) is 24.6 Å². The van der Waals surface area contributed by atoms with Gasteiger partial charge in [-0.1, -0.05) is 0 Å². The minimum absolute atomic E-state index is 0.109. The van der Waals surface area contributed by atoms with Crippen molar-refractivity contribution < 1.29 is 22.7 Å². The summed E-state index contributed by atoms with van der Waals surface area (Å²) in [6, 6.07) is 1.25. The van der Waals surface area contributed by atoms with Crippen molar-refractivity contribution in [3.63, 3.8) is 0 Å². The number of ether oxygens (including phenoxy) is 1. The standard InChI is InChI=1S/C18H25F3N6O2/c1-10-9-13(27-15(22-10)23-14(24-27)18(19,20)21)25-7-8-26(12(3)11(25)2)16(28)29-17(4,5)6/h9,11-12H,7-8H2,1-6H3/t11-,12-/m0/s1. The Hall–Kier alpha value is -2.59. The van der Waals surface area contributed by atoms with E-state index in [-0.39, 0.29) is 17.9 Å². The number of nitrogens with zero attached hydrogens (tertiary/aromatic N) is 6. The van der Waals surface area contributed by atoms with E-state index >= 15 is 0 Å². The third-order valence-electron chi connectivity index (χ3n) is 4.86. The van der Waals surface area contributed by atoms with Crippen LogP contribution in [0.25, 0.3) is 5.78 Å². The van der Waals surface area contributed by atoms with Crippen molar-refractivity contribution in [1.82, 2.24) is 24.5 Å². The molecule has 160 valence electrons. The van der Waals surface area contributed by atoms with Crippen molar-refractivity contribution in [2.45, 2.75) is 65.4 Å². The lowest BCUT2D eigenvalue weighted by molar-refractivity contribution is -0.144. The first-order valence-electron chi connectivity index (χ1n) is 9.36. The van der Waals surface area contributed by atoms with Gasteiger partial charge >= 0.3 is 12.3 Å². The molecule has 0 N–H and O–H groups in total. The van der Waals surface area contributed by atoms with Gasteiger partial charge in [-0.25, -0.2) is 9.78 Å². The third-order valence-corrected chi connectivity index (χ3v) is 4.86. The zero-order valence-corrected chi connectivity index (χ0v) is 17.3. The molecule has 0 bridgehead atoms. The predicted octanol–water partition coefficient (Wildman–Crippen LogP) is 3.29. The molecule has 0 aromatic carbocycles. The zero-order chi connectivity index (χ0) is 21.7. The molecule has 11 heteroatoms. The minimum Gasteiger partial charge on any atom is -0.444 e. The predicted molar refractivity (Wildman–Crippen MR) is 99.7 cm³/mol. The summed E-state index contributed by atoms with van der Waals surface area (Å²) in [4.78, 5) is 23.7. The quantitative estimate of drug-likeness (QED) is 0.713. The maximum Gasteiger partial charge on any atom is 0.453 e. The average molecular weight is 414 g/mol. The van der Waals surface area contributed by atoms with Gasteiger partial charge in [0, 0.05) is 30.9 Å². The fourth-order valence-corrected chi connectivity index (χ4v) is 3.34. The van der Waals surface area contributed by atoms with E-state index < -0.39 is 23.7 Å². The Labute approximate surface area is 166 Å². The van der Waals surface area contributed by atoms with Gasteiger partial charge in [0.2, 0.25) is 0 Å². The zero-order valence-electron chi connectivity index (χ0n) is 17.3. The lowest BCUT2D eigenvalue weighted by Gasteiger charge is -2.45. The van der Waals surface area contributed by atoms with Crippen LogP contribution in [-0.4, -0.2) is 61.3 Å². The fraction of sp³-hybridized carbons (Fsp3) is 0.667. The summed E-state index contributed by atoms with van der Waals surface area (Å²) >= 11 is 0. The second kappa shape index (κ2) is 7.03. The largest absolute Gasteiger partial charge is 0.453 e. The molecule has 3 rings (SSSR count). The first-order chi connectivity index (χ1) is 13.3. The highest BCUT2D eigenvalue weighted by atomic mass is 19.4. The summed E-state index contributed by atoms with van der Waals surface area (Å²) in [6.45, 7) is 11.7. The molecule has 2 atom stereocenters. The van der Waals surface area contributed by atoms with E-state index in [0.717, 1.165) is 4.52 Å². The van der Waals surface area contributed by atoms with Crippen LogP contribution in [0.4, 0.5) is 23.8 Å². The van der Waals surface area contributed by atoms with Gasteiger partial charge in [0.15, 0.2) is 0 Å². The fourth-order valence-electron chi connectivity index (χ4n) is 3.34. The molecule has 2 aromatic rings. The van der Waals surface area contributed by atoms with E-state index in [2.05, 4.69) is 15.1 Å². The van der Waals surface area contributed by atoms with Crippen LogP contribution in [0.5, 0.6) is 0 Å². The van der Waals surface area contributed by atoms with Crippen LogP contribution in [0.2, 0.25) is 0 Å². The van der Waals surface area contributed by atoms with Gasteiger partial charge in [-0.3, -0.25) is 0 Å². The van der Waals surface area contributed by atoms with Gasteiger partial charge in [0.1, 0.15) is 11.4 Å². The molecule has 1 amide bonds. The summed E-state index contributed by atoms with van der Waals surface area (Å²) in [5.41, 5.74) is -0.0802. The van der Waals surface area contributed by atoms with Crippen LogP contribution in [0, 0.1) is 6.92 Å². The van der Waals surface area contributed by atoms with Crippen LogP contribution >= 0.6 is 0 Å². The number of rotatable bonds is 1. The molecular formula is C18H25F3N6O2. The van der Waals surface area contributed by atoms with Crippen molar-refractivity contribution in [2.24, 2.45) is 0 Å². The smallest absolute Gasteiger partial charge is 0.444 e. The first kappa shape index (κ1) is 21.1. The monoisotopic (exact) mass is 414 g/mol. The lowest BCUT2D eigenvalue weighted by Crippen LogP contribution is -2.60. The first-order valence-corrected chi connectivity index (χ1v) is 9.36. The van der Waals surface area contributed by atoms with Gasteiger partial charge in [-0.15, -0.1) is 5.10 Å². The van der Waals surface area contributed by atoms with Crippen LogP contribution < -0.4 is 4.90 Å². The number of hydrogen-bond donors (Lipinski definition) is 0. The molecule has 0 saturated carbocycles. The lowest BCUT2D eigenvalue weighted by atomic mass is 10.1. The van der Waals surface area contributed by atoms with Crippen molar-refractivity contribution >= 4 is 17.7 Å². The van der Waals surface area contributed by atoms with E-state index in [9.17, 15) is 18.0 Å². The summed E-state index contributed by atoms with van der Waals surface area (Å²) in [5.74, 6) is -0.884. The summed E-state index contributed by atoms with van der Waals surface area (Å²) in [5, 5.41) is 3.63. The van der Waals surface area contributed by atoms with E-state index in [1.165, 1.54) is 0 Å². The molecule has 0 spiro atoms. The van der Waals surface area contributed by atoms with Gasteiger partial charge in [-0.05, 0) is 41.5 Å². The highest BCUT2D eigenvalue weighted by Gasteiger charge is 2.39. The van der Waals surface area contributed by atoms with Gasteiger partial charge < -0.3 is 14.5 Å². The van der Waals surface area contributed by atoms with Crippen molar-refractivity contribution in [3.05, 3.63) is 17.6 Å². The molecule has 2 aromatic heterocycles. The van der Waals surface area contributed by atoms with Gasteiger partial charge in [-0.2, -0.15) is 22.7 Å². The number of carbonyl (C=O) groups is 1. The molecular weight excluding hydrogens is 389 g/mol. The van der Waals surface area contributed by atoms with E-state index in [1.807, 2.05) is 18.7 Å². The number of fused-ring (bicyclic) bond motifs is 1. The maximum absolute atomic E-state index is 13.1. The summed E-state index contributed by atoms with van der Waals surface area (Å²) < 4.78 is 45.8. The molecule has 1 saturated heterocycles. The molecule has 29 heavy (non-hydrogen) atoms. The van der Waals surface area contributed by atoms with Crippen molar-refractivity contribution in [3.8, 4) is 0 Å². The second-order valence-electron chi connectivity index (χ2n) is 8.25. The summed E-state index contributed by atoms with van der Waals surface area (Å²) in [7, 11) is 0. The normalized spacial score (nSPS) is 21.0. The SMILES string of the molecule is Cc1cc(N2CCN(C(=O)OC(C)(C)C)[C@@H](C)[C@@H]2C)n2nc(C(F)(F)F)nc2n1. The molecule has 3 heterocycles. The topological polar surface area (TPSA) is 75.9 Å². The molecule has 1 aliphatic heterocycles. The van der Waals surface area contributed by atoms with Gasteiger partial charge in [0.05, 0.1) is 6.04 Å². The number of anilines is 1. The average Bonchev–Trinajstić information content (AvgIpc) is 2.99. The second-order valence-corrected chi connectivity index (χ2v) is 8.25. The molecule has 0 radical (unpaired) electrons. The Bertz CT molecular complexity index is 921. The van der Waals surface area contributed by atoms with Gasteiger partial charge in [0.25, 0.3) is 11.6 Å². The number of aromatic nitrogens is 4. The Kier molecular flexibility index (Phi) is 5.12. The number of carbonyl (C=O) groups excluding carboxylic acids is 1. The number of aryl methyl sites for hydroxylation is 1. The van der Waals surface area contributed by atoms with Crippen molar-refractivity contribution in [1.29, 1.82) is 0 Å². The Morgan fingerprint density at radius 2 is 1.79 bits per heavy atom.